The molecular formula is C19H22O2S. The lowest BCUT2D eigenvalue weighted by Gasteiger charge is -2.14. The van der Waals surface area contributed by atoms with Crippen molar-refractivity contribution in [2.24, 2.45) is 0 Å². The Kier molecular flexibility index (Phi) is 5.19. The second-order valence-electron chi connectivity index (χ2n) is 5.77. The van der Waals surface area contributed by atoms with E-state index in [2.05, 4.69) is 0 Å². The van der Waals surface area contributed by atoms with Gasteiger partial charge in [0.2, 0.25) is 0 Å². The van der Waals surface area contributed by atoms with E-state index < -0.39 is 15.1 Å². The molecule has 0 saturated carbocycles. The Morgan fingerprint density at radius 3 is 2.23 bits per heavy atom. The first-order valence-electron chi connectivity index (χ1n) is 7.42. The predicted octanol–water partition coefficient (Wildman–Crippen LogP) is 4.65. The SMILES string of the molecule is CC(=Cc1ccccc1)CC(C)S(=O)(=O)c1ccc(C)cc1. The molecule has 0 aliphatic rings. The third kappa shape index (κ3) is 4.08. The molecule has 0 saturated heterocycles. The molecule has 0 aliphatic heterocycles. The minimum atomic E-state index is -3.28. The van der Waals surface area contributed by atoms with E-state index in [1.165, 1.54) is 0 Å². The van der Waals surface area contributed by atoms with E-state index in [0.717, 1.165) is 16.7 Å². The van der Waals surface area contributed by atoms with Crippen molar-refractivity contribution in [1.82, 2.24) is 0 Å². The zero-order chi connectivity index (χ0) is 16.2. The molecule has 0 spiro atoms. The average Bonchev–Trinajstić information content (AvgIpc) is 2.48. The minimum absolute atomic E-state index is 0.401. The summed E-state index contributed by atoms with van der Waals surface area (Å²) in [6.45, 7) is 5.71. The fourth-order valence-corrected chi connectivity index (χ4v) is 3.88. The first kappa shape index (κ1) is 16.5. The van der Waals surface area contributed by atoms with Gasteiger partial charge in [0.15, 0.2) is 9.84 Å². The fraction of sp³-hybridized carbons (Fsp3) is 0.263. The molecule has 0 fully saturated rings. The van der Waals surface area contributed by atoms with Crippen LogP contribution in [0.1, 0.15) is 31.4 Å². The highest BCUT2D eigenvalue weighted by Gasteiger charge is 2.23. The van der Waals surface area contributed by atoms with Gasteiger partial charge in [-0.15, -0.1) is 0 Å². The van der Waals surface area contributed by atoms with Crippen LogP contribution in [-0.4, -0.2) is 13.7 Å². The molecule has 1 atom stereocenters. The molecular weight excluding hydrogens is 292 g/mol. The molecule has 1 unspecified atom stereocenters. The Labute approximate surface area is 133 Å². The molecule has 2 rings (SSSR count). The topological polar surface area (TPSA) is 34.1 Å². The summed E-state index contributed by atoms with van der Waals surface area (Å²) < 4.78 is 25.2. The molecule has 22 heavy (non-hydrogen) atoms. The van der Waals surface area contributed by atoms with Crippen molar-refractivity contribution in [3.8, 4) is 0 Å². The maximum Gasteiger partial charge on any atom is 0.181 e. The molecule has 0 aromatic heterocycles. The molecule has 0 heterocycles. The van der Waals surface area contributed by atoms with Gasteiger partial charge in [0.1, 0.15) is 0 Å². The average molecular weight is 314 g/mol. The van der Waals surface area contributed by atoms with Crippen LogP contribution in [0, 0.1) is 6.92 Å². The van der Waals surface area contributed by atoms with Gasteiger partial charge in [-0.05, 0) is 44.9 Å². The predicted molar refractivity (Wildman–Crippen MR) is 92.5 cm³/mol. The van der Waals surface area contributed by atoms with Gasteiger partial charge in [-0.2, -0.15) is 0 Å². The highest BCUT2D eigenvalue weighted by molar-refractivity contribution is 7.92. The monoisotopic (exact) mass is 314 g/mol. The van der Waals surface area contributed by atoms with Gasteiger partial charge in [-0.25, -0.2) is 8.42 Å². The largest absolute Gasteiger partial charge is 0.223 e. The second kappa shape index (κ2) is 6.93. The molecule has 0 bridgehead atoms. The molecule has 0 N–H and O–H groups in total. The molecule has 0 amide bonds. The highest BCUT2D eigenvalue weighted by atomic mass is 32.2. The van der Waals surface area contributed by atoms with Crippen molar-refractivity contribution in [1.29, 1.82) is 0 Å². The van der Waals surface area contributed by atoms with E-state index in [-0.39, 0.29) is 0 Å². The lowest BCUT2D eigenvalue weighted by Crippen LogP contribution is -2.18. The van der Waals surface area contributed by atoms with Crippen molar-refractivity contribution in [3.05, 3.63) is 71.3 Å². The van der Waals surface area contributed by atoms with Crippen LogP contribution >= 0.6 is 0 Å². The number of rotatable bonds is 5. The maximum atomic E-state index is 12.6. The van der Waals surface area contributed by atoms with Gasteiger partial charge in [-0.1, -0.05) is 59.7 Å². The maximum absolute atomic E-state index is 12.6. The van der Waals surface area contributed by atoms with Crippen LogP contribution in [0.4, 0.5) is 0 Å². The fourth-order valence-electron chi connectivity index (χ4n) is 2.42. The lowest BCUT2D eigenvalue weighted by molar-refractivity contribution is 0.582. The Morgan fingerprint density at radius 1 is 1.05 bits per heavy atom. The van der Waals surface area contributed by atoms with E-state index in [1.807, 2.05) is 62.4 Å². The van der Waals surface area contributed by atoms with Gasteiger partial charge >= 0.3 is 0 Å². The molecule has 2 aromatic rings. The summed E-state index contributed by atoms with van der Waals surface area (Å²) in [7, 11) is -3.28. The summed E-state index contributed by atoms with van der Waals surface area (Å²) in [6.07, 6.45) is 2.58. The normalized spacial score (nSPS) is 13.9. The third-order valence-corrected chi connectivity index (χ3v) is 5.86. The van der Waals surface area contributed by atoms with Crippen LogP contribution < -0.4 is 0 Å². The van der Waals surface area contributed by atoms with E-state index >= 15 is 0 Å². The van der Waals surface area contributed by atoms with Crippen molar-refractivity contribution in [2.75, 3.05) is 0 Å². The minimum Gasteiger partial charge on any atom is -0.223 e. The first-order chi connectivity index (χ1) is 10.4. The Hall–Kier alpha value is -1.87. The number of hydrogen-bond donors (Lipinski definition) is 0. The molecule has 0 radical (unpaired) electrons. The lowest BCUT2D eigenvalue weighted by atomic mass is 10.1. The number of allylic oxidation sites excluding steroid dienone is 1. The molecule has 116 valence electrons. The zero-order valence-electron chi connectivity index (χ0n) is 13.3. The summed E-state index contributed by atoms with van der Waals surface area (Å²) in [5.41, 5.74) is 3.22. The summed E-state index contributed by atoms with van der Waals surface area (Å²) >= 11 is 0. The quantitative estimate of drug-likeness (QED) is 0.805. The van der Waals surface area contributed by atoms with E-state index in [9.17, 15) is 8.42 Å². The smallest absolute Gasteiger partial charge is 0.181 e. The molecule has 3 heteroatoms. The van der Waals surface area contributed by atoms with Crippen molar-refractivity contribution >= 4 is 15.9 Å². The van der Waals surface area contributed by atoms with E-state index in [0.29, 0.717) is 11.3 Å². The van der Waals surface area contributed by atoms with Crippen LogP contribution in [0.5, 0.6) is 0 Å². The molecule has 2 nitrogen and oxygen atoms in total. The summed E-state index contributed by atoms with van der Waals surface area (Å²) in [4.78, 5) is 0.401. The van der Waals surface area contributed by atoms with Crippen LogP contribution in [-0.2, 0) is 9.84 Å². The molecule has 0 aliphatic carbocycles. The van der Waals surface area contributed by atoms with Gasteiger partial charge < -0.3 is 0 Å². The Balaban J connectivity index is 2.15. The van der Waals surface area contributed by atoms with Gasteiger partial charge in [0.25, 0.3) is 0 Å². The highest BCUT2D eigenvalue weighted by Crippen LogP contribution is 2.22. The summed E-state index contributed by atoms with van der Waals surface area (Å²) in [5.74, 6) is 0. The summed E-state index contributed by atoms with van der Waals surface area (Å²) in [5, 5.41) is -0.435. The van der Waals surface area contributed by atoms with Gasteiger partial charge in [0, 0.05) is 0 Å². The standard InChI is InChI=1S/C19H22O2S/c1-15-9-11-19(12-10-15)22(20,21)17(3)13-16(2)14-18-7-5-4-6-8-18/h4-12,14,17H,13H2,1-3H3. The molecule has 2 aromatic carbocycles. The van der Waals surface area contributed by atoms with Crippen LogP contribution in [0.2, 0.25) is 0 Å². The first-order valence-corrected chi connectivity index (χ1v) is 8.97. The van der Waals surface area contributed by atoms with E-state index in [4.69, 9.17) is 0 Å². The Morgan fingerprint density at radius 2 is 1.64 bits per heavy atom. The van der Waals surface area contributed by atoms with Crippen LogP contribution in [0.3, 0.4) is 0 Å². The second-order valence-corrected chi connectivity index (χ2v) is 8.14. The number of hydrogen-bond acceptors (Lipinski definition) is 2. The third-order valence-electron chi connectivity index (χ3n) is 3.70. The number of benzene rings is 2. The van der Waals surface area contributed by atoms with Crippen molar-refractivity contribution in [3.63, 3.8) is 0 Å². The van der Waals surface area contributed by atoms with Crippen molar-refractivity contribution < 1.29 is 8.42 Å². The van der Waals surface area contributed by atoms with Gasteiger partial charge in [-0.3, -0.25) is 0 Å². The number of aryl methyl sites for hydroxylation is 1. The zero-order valence-corrected chi connectivity index (χ0v) is 14.1. The van der Waals surface area contributed by atoms with Gasteiger partial charge in [0.05, 0.1) is 10.1 Å². The van der Waals surface area contributed by atoms with Crippen LogP contribution in [0.25, 0.3) is 6.08 Å². The van der Waals surface area contributed by atoms with Crippen LogP contribution in [0.15, 0.2) is 65.1 Å². The Bertz CT molecular complexity index is 742. The van der Waals surface area contributed by atoms with Crippen molar-refractivity contribution in [2.45, 2.75) is 37.3 Å². The number of sulfone groups is 1. The summed E-state index contributed by atoms with van der Waals surface area (Å²) in [6, 6.07) is 17.0. The van der Waals surface area contributed by atoms with E-state index in [1.54, 1.807) is 19.1 Å².